The number of hydrogen-bond donors (Lipinski definition) is 3. The molecule has 0 aromatic carbocycles. The van der Waals surface area contributed by atoms with Gasteiger partial charge in [0.25, 0.3) is 0 Å². The summed E-state index contributed by atoms with van der Waals surface area (Å²) in [5.41, 5.74) is 6.02. The number of rotatable bonds is 2. The molecule has 2 heterocycles. The molecule has 1 aliphatic heterocycles. The third-order valence-corrected chi connectivity index (χ3v) is 3.10. The van der Waals surface area contributed by atoms with E-state index in [2.05, 4.69) is 10.4 Å². The summed E-state index contributed by atoms with van der Waals surface area (Å²) in [6, 6.07) is 1.48. The molecular formula is C10H18N4O. The van der Waals surface area contributed by atoms with Crippen LogP contribution in [0.4, 0.5) is 0 Å². The fourth-order valence-electron chi connectivity index (χ4n) is 2.04. The van der Waals surface area contributed by atoms with E-state index in [0.717, 1.165) is 18.8 Å². The van der Waals surface area contributed by atoms with E-state index in [4.69, 9.17) is 5.73 Å². The molecule has 0 amide bonds. The fourth-order valence-corrected chi connectivity index (χ4v) is 2.04. The standard InChI is InChI=1S/C10H18N4O/c1-14-7-2-8(13-14)9(11)10(15)3-5-12-6-4-10/h2,7,9,12,15H,3-6,11H2,1H3. The minimum Gasteiger partial charge on any atom is -0.388 e. The molecule has 1 atom stereocenters. The minimum atomic E-state index is -0.806. The molecule has 4 N–H and O–H groups in total. The summed E-state index contributed by atoms with van der Waals surface area (Å²) >= 11 is 0. The Morgan fingerprint density at radius 2 is 2.27 bits per heavy atom. The number of aliphatic hydroxyl groups is 1. The van der Waals surface area contributed by atoms with Gasteiger partial charge in [-0.1, -0.05) is 0 Å². The highest BCUT2D eigenvalue weighted by atomic mass is 16.3. The summed E-state index contributed by atoms with van der Waals surface area (Å²) in [5.74, 6) is 0. The van der Waals surface area contributed by atoms with E-state index < -0.39 is 5.60 Å². The average Bonchev–Trinajstić information content (AvgIpc) is 2.65. The van der Waals surface area contributed by atoms with Crippen molar-refractivity contribution in [3.63, 3.8) is 0 Å². The van der Waals surface area contributed by atoms with Crippen LogP contribution in [0.1, 0.15) is 24.6 Å². The van der Waals surface area contributed by atoms with Gasteiger partial charge in [-0.2, -0.15) is 5.10 Å². The number of hydrogen-bond acceptors (Lipinski definition) is 4. The maximum atomic E-state index is 10.4. The highest BCUT2D eigenvalue weighted by molar-refractivity contribution is 5.11. The van der Waals surface area contributed by atoms with Crippen molar-refractivity contribution in [1.82, 2.24) is 15.1 Å². The van der Waals surface area contributed by atoms with E-state index >= 15 is 0 Å². The van der Waals surface area contributed by atoms with Crippen LogP contribution < -0.4 is 11.1 Å². The maximum Gasteiger partial charge on any atom is 0.0879 e. The SMILES string of the molecule is Cn1ccc(C(N)C2(O)CCNCC2)n1. The van der Waals surface area contributed by atoms with Gasteiger partial charge in [0.05, 0.1) is 17.3 Å². The van der Waals surface area contributed by atoms with Crippen molar-refractivity contribution in [3.05, 3.63) is 18.0 Å². The van der Waals surface area contributed by atoms with Gasteiger partial charge in [-0.3, -0.25) is 4.68 Å². The van der Waals surface area contributed by atoms with E-state index in [1.165, 1.54) is 0 Å². The first-order valence-electron chi connectivity index (χ1n) is 5.30. The topological polar surface area (TPSA) is 76.1 Å². The Bertz CT molecular complexity index is 330. The summed E-state index contributed by atoms with van der Waals surface area (Å²) in [6.07, 6.45) is 3.22. The van der Waals surface area contributed by atoms with Gasteiger partial charge < -0.3 is 16.2 Å². The van der Waals surface area contributed by atoms with E-state index in [9.17, 15) is 5.11 Å². The van der Waals surface area contributed by atoms with Crippen molar-refractivity contribution < 1.29 is 5.11 Å². The van der Waals surface area contributed by atoms with Crippen LogP contribution in [0, 0.1) is 0 Å². The molecule has 0 saturated carbocycles. The number of aryl methyl sites for hydroxylation is 1. The molecule has 1 saturated heterocycles. The Morgan fingerprint density at radius 3 is 2.80 bits per heavy atom. The van der Waals surface area contributed by atoms with Gasteiger partial charge in [-0.25, -0.2) is 0 Å². The van der Waals surface area contributed by atoms with E-state index in [1.54, 1.807) is 4.68 Å². The third kappa shape index (κ3) is 2.04. The molecule has 1 aromatic heterocycles. The average molecular weight is 210 g/mol. The Balaban J connectivity index is 2.15. The van der Waals surface area contributed by atoms with Crippen LogP contribution in [0.15, 0.2) is 12.3 Å². The second-order valence-corrected chi connectivity index (χ2v) is 4.25. The third-order valence-electron chi connectivity index (χ3n) is 3.10. The van der Waals surface area contributed by atoms with E-state index in [0.29, 0.717) is 12.8 Å². The fraction of sp³-hybridized carbons (Fsp3) is 0.700. The summed E-state index contributed by atoms with van der Waals surface area (Å²) in [4.78, 5) is 0. The molecule has 0 radical (unpaired) electrons. The van der Waals surface area contributed by atoms with Gasteiger partial charge in [0.15, 0.2) is 0 Å². The first kappa shape index (κ1) is 10.6. The number of aromatic nitrogens is 2. The maximum absolute atomic E-state index is 10.4. The van der Waals surface area contributed by atoms with Crippen molar-refractivity contribution in [2.45, 2.75) is 24.5 Å². The van der Waals surface area contributed by atoms with Gasteiger partial charge in [0, 0.05) is 13.2 Å². The lowest BCUT2D eigenvalue weighted by atomic mass is 9.84. The quantitative estimate of drug-likeness (QED) is 0.617. The molecule has 15 heavy (non-hydrogen) atoms. The molecule has 5 heteroatoms. The summed E-state index contributed by atoms with van der Waals surface area (Å²) < 4.78 is 1.71. The lowest BCUT2D eigenvalue weighted by Crippen LogP contribution is -2.49. The van der Waals surface area contributed by atoms with Gasteiger partial charge in [-0.05, 0) is 32.0 Å². The molecule has 1 unspecified atom stereocenters. The predicted octanol–water partition coefficient (Wildman–Crippen LogP) is -0.466. The van der Waals surface area contributed by atoms with Crippen molar-refractivity contribution >= 4 is 0 Å². The van der Waals surface area contributed by atoms with Crippen molar-refractivity contribution in [3.8, 4) is 0 Å². The smallest absolute Gasteiger partial charge is 0.0879 e. The van der Waals surface area contributed by atoms with Gasteiger partial charge >= 0.3 is 0 Å². The van der Waals surface area contributed by atoms with E-state index in [1.807, 2.05) is 19.3 Å². The molecule has 1 aromatic rings. The van der Waals surface area contributed by atoms with Gasteiger partial charge in [-0.15, -0.1) is 0 Å². The molecule has 5 nitrogen and oxygen atoms in total. The molecule has 84 valence electrons. The summed E-state index contributed by atoms with van der Waals surface area (Å²) in [6.45, 7) is 1.63. The highest BCUT2D eigenvalue weighted by Gasteiger charge is 2.37. The van der Waals surface area contributed by atoms with Crippen LogP contribution in [0.3, 0.4) is 0 Å². The number of piperidine rings is 1. The van der Waals surface area contributed by atoms with E-state index in [-0.39, 0.29) is 6.04 Å². The van der Waals surface area contributed by atoms with Crippen molar-refractivity contribution in [1.29, 1.82) is 0 Å². The Labute approximate surface area is 89.3 Å². The van der Waals surface area contributed by atoms with Crippen LogP contribution in [-0.2, 0) is 7.05 Å². The zero-order valence-corrected chi connectivity index (χ0v) is 8.98. The van der Waals surface area contributed by atoms with Crippen LogP contribution in [0.25, 0.3) is 0 Å². The Morgan fingerprint density at radius 1 is 1.60 bits per heavy atom. The number of nitrogens with one attached hydrogen (secondary N) is 1. The second kappa shape index (κ2) is 3.92. The normalized spacial score (nSPS) is 22.6. The first-order chi connectivity index (χ1) is 7.12. The van der Waals surface area contributed by atoms with Crippen LogP contribution in [0.5, 0.6) is 0 Å². The van der Waals surface area contributed by atoms with Gasteiger partial charge in [0.1, 0.15) is 0 Å². The van der Waals surface area contributed by atoms with Crippen LogP contribution in [-0.4, -0.2) is 33.6 Å². The van der Waals surface area contributed by atoms with Gasteiger partial charge in [0.2, 0.25) is 0 Å². The molecule has 0 spiro atoms. The summed E-state index contributed by atoms with van der Waals surface area (Å²) in [7, 11) is 1.85. The Kier molecular flexibility index (Phi) is 2.77. The van der Waals surface area contributed by atoms with Crippen molar-refractivity contribution in [2.24, 2.45) is 12.8 Å². The highest BCUT2D eigenvalue weighted by Crippen LogP contribution is 2.30. The molecule has 0 bridgehead atoms. The predicted molar refractivity (Wildman–Crippen MR) is 57.2 cm³/mol. The lowest BCUT2D eigenvalue weighted by molar-refractivity contribution is -0.0155. The zero-order chi connectivity index (χ0) is 10.9. The largest absolute Gasteiger partial charge is 0.388 e. The van der Waals surface area contributed by atoms with Crippen LogP contribution in [0.2, 0.25) is 0 Å². The Hall–Kier alpha value is -0.910. The number of nitrogens with two attached hydrogens (primary N) is 1. The molecular weight excluding hydrogens is 192 g/mol. The zero-order valence-electron chi connectivity index (χ0n) is 8.98. The molecule has 0 aliphatic carbocycles. The first-order valence-corrected chi connectivity index (χ1v) is 5.30. The van der Waals surface area contributed by atoms with Crippen LogP contribution >= 0.6 is 0 Å². The summed E-state index contributed by atoms with van der Waals surface area (Å²) in [5, 5.41) is 17.8. The second-order valence-electron chi connectivity index (χ2n) is 4.25. The monoisotopic (exact) mass is 210 g/mol. The lowest BCUT2D eigenvalue weighted by Gasteiger charge is -2.36. The molecule has 1 aliphatic rings. The molecule has 1 fully saturated rings. The minimum absolute atomic E-state index is 0.388. The molecule has 2 rings (SSSR count). The number of nitrogens with zero attached hydrogens (tertiary/aromatic N) is 2. The van der Waals surface area contributed by atoms with Crippen molar-refractivity contribution in [2.75, 3.05) is 13.1 Å².